The molecule has 1 aromatic heterocycles. The van der Waals surface area contributed by atoms with Crippen molar-refractivity contribution in [3.05, 3.63) is 51.0 Å². The Morgan fingerprint density at radius 2 is 1.97 bits per heavy atom. The van der Waals surface area contributed by atoms with Crippen LogP contribution in [-0.2, 0) is 22.6 Å². The van der Waals surface area contributed by atoms with Crippen LogP contribution >= 0.6 is 11.3 Å². The van der Waals surface area contributed by atoms with Gasteiger partial charge in [0.2, 0.25) is 0 Å². The SMILES string of the molecule is COCCCN1C(=O)c2ccc(C(=O)N(C)Cc3csc(CN4CCOCC4)n3)cc2C1=O. The van der Waals surface area contributed by atoms with Crippen molar-refractivity contribution in [2.75, 3.05) is 53.6 Å². The Hall–Kier alpha value is -2.66. The topological polar surface area (TPSA) is 92.3 Å². The monoisotopic (exact) mass is 472 g/mol. The third kappa shape index (κ3) is 5.30. The molecule has 0 unspecified atom stereocenters. The highest BCUT2D eigenvalue weighted by Gasteiger charge is 2.35. The molecular weight excluding hydrogens is 444 g/mol. The van der Waals surface area contributed by atoms with Crippen molar-refractivity contribution in [1.82, 2.24) is 19.7 Å². The zero-order valence-electron chi connectivity index (χ0n) is 18.9. The van der Waals surface area contributed by atoms with E-state index in [1.54, 1.807) is 42.5 Å². The number of thiazole rings is 1. The van der Waals surface area contributed by atoms with E-state index in [2.05, 4.69) is 9.88 Å². The standard InChI is InChI=1S/C23H28N4O5S/c1-25(13-17-15-33-20(24-17)14-26-7-10-32-11-8-26)21(28)16-4-5-18-19(12-16)23(30)27(22(18)29)6-3-9-31-2/h4-5,12,15H,3,6-11,13-14H2,1-2H3. The van der Waals surface area contributed by atoms with Gasteiger partial charge in [-0.3, -0.25) is 24.2 Å². The van der Waals surface area contributed by atoms with Crippen LogP contribution in [0.5, 0.6) is 0 Å². The summed E-state index contributed by atoms with van der Waals surface area (Å²) in [6.45, 7) is 5.20. The van der Waals surface area contributed by atoms with Gasteiger partial charge in [-0.2, -0.15) is 0 Å². The summed E-state index contributed by atoms with van der Waals surface area (Å²) in [6.07, 6.45) is 0.567. The van der Waals surface area contributed by atoms with Gasteiger partial charge in [-0.1, -0.05) is 0 Å². The largest absolute Gasteiger partial charge is 0.385 e. The smallest absolute Gasteiger partial charge is 0.261 e. The number of carbonyl (C=O) groups is 3. The highest BCUT2D eigenvalue weighted by Crippen LogP contribution is 2.25. The number of imide groups is 1. The fourth-order valence-corrected chi connectivity index (χ4v) is 4.80. The van der Waals surface area contributed by atoms with Crippen molar-refractivity contribution >= 4 is 29.1 Å². The number of amides is 3. The summed E-state index contributed by atoms with van der Waals surface area (Å²) in [5, 5.41) is 2.99. The van der Waals surface area contributed by atoms with Crippen LogP contribution in [0.4, 0.5) is 0 Å². The van der Waals surface area contributed by atoms with Gasteiger partial charge in [-0.05, 0) is 24.6 Å². The number of rotatable bonds is 9. The Morgan fingerprint density at radius 3 is 2.73 bits per heavy atom. The van der Waals surface area contributed by atoms with Crippen LogP contribution in [0.3, 0.4) is 0 Å². The van der Waals surface area contributed by atoms with Crippen LogP contribution in [-0.4, -0.2) is 91.0 Å². The zero-order valence-corrected chi connectivity index (χ0v) is 19.7. The van der Waals surface area contributed by atoms with Crippen LogP contribution in [0.2, 0.25) is 0 Å². The Bertz CT molecular complexity index is 1030. The van der Waals surface area contributed by atoms with Crippen LogP contribution < -0.4 is 0 Å². The van der Waals surface area contributed by atoms with Gasteiger partial charge in [0, 0.05) is 51.3 Å². The Morgan fingerprint density at radius 1 is 1.21 bits per heavy atom. The van der Waals surface area contributed by atoms with E-state index in [4.69, 9.17) is 9.47 Å². The summed E-state index contributed by atoms with van der Waals surface area (Å²) < 4.78 is 10.4. The first-order valence-electron chi connectivity index (χ1n) is 11.0. The third-order valence-corrected chi connectivity index (χ3v) is 6.64. The maximum absolute atomic E-state index is 13.0. The molecule has 2 aromatic rings. The van der Waals surface area contributed by atoms with E-state index in [-0.39, 0.29) is 23.3 Å². The number of ether oxygens (including phenoxy) is 2. The minimum absolute atomic E-state index is 0.224. The molecule has 0 bridgehead atoms. The molecule has 0 N–H and O–H groups in total. The lowest BCUT2D eigenvalue weighted by atomic mass is 10.0. The number of fused-ring (bicyclic) bond motifs is 1. The predicted molar refractivity (Wildman–Crippen MR) is 122 cm³/mol. The zero-order chi connectivity index (χ0) is 23.4. The van der Waals surface area contributed by atoms with E-state index in [1.807, 2.05) is 5.38 Å². The fourth-order valence-electron chi connectivity index (χ4n) is 3.97. The lowest BCUT2D eigenvalue weighted by Crippen LogP contribution is -2.35. The van der Waals surface area contributed by atoms with Crippen LogP contribution in [0, 0.1) is 0 Å². The molecule has 1 saturated heterocycles. The van der Waals surface area contributed by atoms with Gasteiger partial charge in [0.25, 0.3) is 17.7 Å². The summed E-state index contributed by atoms with van der Waals surface area (Å²) in [4.78, 5) is 48.1. The van der Waals surface area contributed by atoms with Crippen molar-refractivity contribution in [2.45, 2.75) is 19.5 Å². The van der Waals surface area contributed by atoms with Crippen LogP contribution in [0.1, 0.15) is 48.2 Å². The van der Waals surface area contributed by atoms with E-state index in [1.165, 1.54) is 11.0 Å². The first-order valence-corrected chi connectivity index (χ1v) is 11.8. The van der Waals surface area contributed by atoms with Gasteiger partial charge >= 0.3 is 0 Å². The molecule has 0 aliphatic carbocycles. The minimum atomic E-state index is -0.365. The predicted octanol–water partition coefficient (Wildman–Crippen LogP) is 1.88. The normalized spacial score (nSPS) is 16.4. The Kier molecular flexibility index (Phi) is 7.49. The van der Waals surface area contributed by atoms with Crippen molar-refractivity contribution in [2.24, 2.45) is 0 Å². The van der Waals surface area contributed by atoms with Crippen LogP contribution in [0.25, 0.3) is 0 Å². The van der Waals surface area contributed by atoms with E-state index < -0.39 is 0 Å². The molecule has 9 nitrogen and oxygen atoms in total. The molecule has 33 heavy (non-hydrogen) atoms. The Labute approximate surface area is 196 Å². The number of aromatic nitrogens is 1. The molecule has 2 aliphatic heterocycles. The first-order chi connectivity index (χ1) is 16.0. The van der Waals surface area contributed by atoms with Crippen molar-refractivity contribution < 1.29 is 23.9 Å². The van der Waals surface area contributed by atoms with Crippen molar-refractivity contribution in [1.29, 1.82) is 0 Å². The van der Waals surface area contributed by atoms with Gasteiger partial charge in [0.15, 0.2) is 0 Å². The summed E-state index contributed by atoms with van der Waals surface area (Å²) in [6, 6.07) is 4.69. The van der Waals surface area contributed by atoms with E-state index in [0.717, 1.165) is 43.5 Å². The molecule has 2 aliphatic rings. The Balaban J connectivity index is 1.39. The number of nitrogens with zero attached hydrogens (tertiary/aromatic N) is 4. The number of carbonyl (C=O) groups excluding carboxylic acids is 3. The molecular formula is C23H28N4O5S. The number of hydrogen-bond donors (Lipinski definition) is 0. The lowest BCUT2D eigenvalue weighted by molar-refractivity contribution is 0.0341. The van der Waals surface area contributed by atoms with Crippen LogP contribution in [0.15, 0.2) is 23.6 Å². The molecule has 1 fully saturated rings. The minimum Gasteiger partial charge on any atom is -0.385 e. The molecule has 0 spiro atoms. The van der Waals surface area contributed by atoms with Gasteiger partial charge < -0.3 is 14.4 Å². The lowest BCUT2D eigenvalue weighted by Gasteiger charge is -2.25. The molecule has 0 radical (unpaired) electrons. The number of hydrogen-bond acceptors (Lipinski definition) is 8. The van der Waals surface area contributed by atoms with Crippen molar-refractivity contribution in [3.63, 3.8) is 0 Å². The average molecular weight is 473 g/mol. The average Bonchev–Trinajstić information content (AvgIpc) is 3.36. The summed E-state index contributed by atoms with van der Waals surface area (Å²) in [7, 11) is 3.29. The molecule has 0 saturated carbocycles. The summed E-state index contributed by atoms with van der Waals surface area (Å²) in [5.74, 6) is -0.914. The molecule has 176 valence electrons. The molecule has 3 amide bonds. The fraction of sp³-hybridized carbons (Fsp3) is 0.478. The second-order valence-corrected chi connectivity index (χ2v) is 9.09. The molecule has 10 heteroatoms. The third-order valence-electron chi connectivity index (χ3n) is 5.76. The second-order valence-electron chi connectivity index (χ2n) is 8.15. The van der Waals surface area contributed by atoms with Gasteiger partial charge in [0.05, 0.1) is 43.1 Å². The number of benzene rings is 1. The van der Waals surface area contributed by atoms with E-state index >= 15 is 0 Å². The second kappa shape index (κ2) is 10.5. The number of morpholine rings is 1. The summed E-state index contributed by atoms with van der Waals surface area (Å²) >= 11 is 1.59. The van der Waals surface area contributed by atoms with Gasteiger partial charge in [-0.25, -0.2) is 4.98 Å². The number of methoxy groups -OCH3 is 1. The maximum atomic E-state index is 13.0. The first kappa shape index (κ1) is 23.5. The molecule has 3 heterocycles. The van der Waals surface area contributed by atoms with E-state index in [0.29, 0.717) is 37.2 Å². The highest BCUT2D eigenvalue weighted by atomic mass is 32.1. The molecule has 0 atom stereocenters. The summed E-state index contributed by atoms with van der Waals surface area (Å²) in [5.41, 5.74) is 1.82. The maximum Gasteiger partial charge on any atom is 0.261 e. The highest BCUT2D eigenvalue weighted by molar-refractivity contribution is 7.09. The molecule has 1 aromatic carbocycles. The van der Waals surface area contributed by atoms with E-state index in [9.17, 15) is 14.4 Å². The van der Waals surface area contributed by atoms with Gasteiger partial charge in [0.1, 0.15) is 5.01 Å². The molecule has 4 rings (SSSR count). The van der Waals surface area contributed by atoms with Crippen molar-refractivity contribution in [3.8, 4) is 0 Å². The van der Waals surface area contributed by atoms with Gasteiger partial charge in [-0.15, -0.1) is 11.3 Å². The quantitative estimate of drug-likeness (QED) is 0.406.